The number of nitrogen functional groups attached to an aromatic ring is 1. The van der Waals surface area contributed by atoms with Crippen LogP contribution in [0.15, 0.2) is 12.1 Å². The minimum Gasteiger partial charge on any atom is -0.398 e. The molecule has 0 bridgehead atoms. The highest BCUT2D eigenvalue weighted by Gasteiger charge is 2.21. The van der Waals surface area contributed by atoms with Crippen LogP contribution in [-0.4, -0.2) is 28.0 Å². The van der Waals surface area contributed by atoms with Gasteiger partial charge in [0.2, 0.25) is 0 Å². The molecule has 0 heterocycles. The third kappa shape index (κ3) is 2.69. The number of anilines is 1. The molecule has 2 unspecified atom stereocenters. The van der Waals surface area contributed by atoms with E-state index in [9.17, 15) is 14.6 Å². The van der Waals surface area contributed by atoms with E-state index in [4.69, 9.17) is 10.8 Å². The molecule has 0 aliphatic carbocycles. The molecule has 0 saturated heterocycles. The van der Waals surface area contributed by atoms with Crippen LogP contribution in [0.25, 0.3) is 0 Å². The second-order valence-electron chi connectivity index (χ2n) is 3.75. The summed E-state index contributed by atoms with van der Waals surface area (Å²) in [6, 6.07) is 2.34. The van der Waals surface area contributed by atoms with Crippen molar-refractivity contribution < 1.29 is 19.7 Å². The van der Waals surface area contributed by atoms with Gasteiger partial charge in [-0.05, 0) is 31.0 Å². The molecule has 0 spiro atoms. The fraction of sp³-hybridized carbons (Fsp3) is 0.455. The molecular weight excluding hydrogens is 213 g/mol. The van der Waals surface area contributed by atoms with Crippen LogP contribution in [0.3, 0.4) is 0 Å². The van der Waals surface area contributed by atoms with Crippen LogP contribution in [0.1, 0.15) is 23.7 Å². The Bertz CT molecular complexity index is 370. The van der Waals surface area contributed by atoms with Crippen molar-refractivity contribution in [3.8, 4) is 0 Å². The molecule has 0 saturated carbocycles. The van der Waals surface area contributed by atoms with Gasteiger partial charge in [-0.3, -0.25) is 0 Å². The number of aryl methyl sites for hydroxylation is 1. The molecule has 5 heteroatoms. The van der Waals surface area contributed by atoms with Gasteiger partial charge >= 0.3 is 0 Å². The first-order valence-electron chi connectivity index (χ1n) is 5.00. The van der Waals surface area contributed by atoms with E-state index in [1.807, 2.05) is 0 Å². The van der Waals surface area contributed by atoms with E-state index in [0.29, 0.717) is 5.56 Å². The maximum absolute atomic E-state index is 13.1. The highest BCUT2D eigenvalue weighted by atomic mass is 19.1. The molecule has 16 heavy (non-hydrogen) atoms. The minimum atomic E-state index is -1.29. The first-order valence-corrected chi connectivity index (χ1v) is 5.00. The summed E-state index contributed by atoms with van der Waals surface area (Å²) in [4.78, 5) is 0. The van der Waals surface area contributed by atoms with E-state index in [2.05, 4.69) is 0 Å². The lowest BCUT2D eigenvalue weighted by Crippen LogP contribution is -2.21. The molecular formula is C11H16FNO3. The smallest absolute Gasteiger partial charge is 0.123 e. The topological polar surface area (TPSA) is 86.7 Å². The Labute approximate surface area is 93.1 Å². The van der Waals surface area contributed by atoms with E-state index in [0.717, 1.165) is 6.07 Å². The second-order valence-corrected chi connectivity index (χ2v) is 3.75. The van der Waals surface area contributed by atoms with Gasteiger partial charge in [0.25, 0.3) is 0 Å². The molecule has 0 amide bonds. The second kappa shape index (κ2) is 5.25. The van der Waals surface area contributed by atoms with Gasteiger partial charge in [-0.1, -0.05) is 0 Å². The van der Waals surface area contributed by atoms with E-state index in [-0.39, 0.29) is 24.3 Å². The summed E-state index contributed by atoms with van der Waals surface area (Å²) < 4.78 is 13.1. The monoisotopic (exact) mass is 229 g/mol. The molecule has 0 aliphatic heterocycles. The molecule has 2 atom stereocenters. The predicted octanol–water partition coefficient (Wildman–Crippen LogP) is 0.493. The Morgan fingerprint density at radius 3 is 2.56 bits per heavy atom. The molecule has 1 rings (SSSR count). The number of nitrogens with two attached hydrogens (primary N) is 1. The van der Waals surface area contributed by atoms with E-state index in [1.165, 1.54) is 6.07 Å². The number of rotatable bonds is 4. The van der Waals surface area contributed by atoms with Gasteiger partial charge < -0.3 is 21.1 Å². The van der Waals surface area contributed by atoms with E-state index >= 15 is 0 Å². The zero-order valence-electron chi connectivity index (χ0n) is 9.02. The maximum Gasteiger partial charge on any atom is 0.123 e. The third-order valence-corrected chi connectivity index (χ3v) is 2.49. The van der Waals surface area contributed by atoms with Gasteiger partial charge in [-0.2, -0.15) is 0 Å². The first kappa shape index (κ1) is 12.9. The summed E-state index contributed by atoms with van der Waals surface area (Å²) in [5.41, 5.74) is 6.60. The summed E-state index contributed by atoms with van der Waals surface area (Å²) in [6.45, 7) is 1.36. The van der Waals surface area contributed by atoms with Gasteiger partial charge in [0, 0.05) is 17.9 Å². The highest BCUT2D eigenvalue weighted by molar-refractivity contribution is 5.54. The van der Waals surface area contributed by atoms with Crippen LogP contribution in [0, 0.1) is 12.7 Å². The Morgan fingerprint density at radius 2 is 2.00 bits per heavy atom. The predicted molar refractivity (Wildman–Crippen MR) is 58.2 cm³/mol. The van der Waals surface area contributed by atoms with Gasteiger partial charge in [-0.15, -0.1) is 0 Å². The Balaban J connectivity index is 3.03. The molecule has 0 fully saturated rings. The zero-order valence-corrected chi connectivity index (χ0v) is 9.02. The standard InChI is InChI=1S/C11H16FNO3/c1-6-4-7(12)5-8(10(6)13)11(16)9(15)2-3-14/h4-5,9,11,14-16H,2-3,13H2,1H3. The van der Waals surface area contributed by atoms with E-state index < -0.39 is 18.0 Å². The zero-order chi connectivity index (χ0) is 12.3. The first-order chi connectivity index (χ1) is 7.47. The van der Waals surface area contributed by atoms with Gasteiger partial charge in [0.15, 0.2) is 0 Å². The number of hydrogen-bond acceptors (Lipinski definition) is 4. The Hall–Kier alpha value is -1.17. The van der Waals surface area contributed by atoms with Crippen molar-refractivity contribution in [2.24, 2.45) is 0 Å². The molecule has 0 aliphatic rings. The summed E-state index contributed by atoms with van der Waals surface area (Å²) in [7, 11) is 0. The summed E-state index contributed by atoms with van der Waals surface area (Å²) >= 11 is 0. The van der Waals surface area contributed by atoms with Crippen LogP contribution >= 0.6 is 0 Å². The highest BCUT2D eigenvalue weighted by Crippen LogP contribution is 2.28. The molecule has 0 aromatic heterocycles. The SMILES string of the molecule is Cc1cc(F)cc(C(O)C(O)CCO)c1N. The maximum atomic E-state index is 13.1. The number of aliphatic hydroxyl groups is 3. The van der Waals surface area contributed by atoms with Crippen molar-refractivity contribution in [1.29, 1.82) is 0 Å². The molecule has 90 valence electrons. The van der Waals surface area contributed by atoms with Gasteiger partial charge in [-0.25, -0.2) is 4.39 Å². The van der Waals surface area contributed by atoms with Crippen molar-refractivity contribution in [1.82, 2.24) is 0 Å². The summed E-state index contributed by atoms with van der Waals surface area (Å²) in [6.07, 6.45) is -2.44. The van der Waals surface area contributed by atoms with Crippen molar-refractivity contribution in [2.45, 2.75) is 25.6 Å². The Kier molecular flexibility index (Phi) is 4.23. The lowest BCUT2D eigenvalue weighted by molar-refractivity contribution is 0.00445. The van der Waals surface area contributed by atoms with Crippen LogP contribution < -0.4 is 5.73 Å². The normalized spacial score (nSPS) is 14.8. The van der Waals surface area contributed by atoms with Crippen LogP contribution in [0.5, 0.6) is 0 Å². The van der Waals surface area contributed by atoms with Crippen LogP contribution in [0.4, 0.5) is 10.1 Å². The molecule has 5 N–H and O–H groups in total. The van der Waals surface area contributed by atoms with Gasteiger partial charge in [0.1, 0.15) is 11.9 Å². The van der Waals surface area contributed by atoms with Crippen LogP contribution in [-0.2, 0) is 0 Å². The quantitative estimate of drug-likeness (QED) is 0.566. The number of aliphatic hydroxyl groups excluding tert-OH is 3. The average Bonchev–Trinajstić information content (AvgIpc) is 2.22. The molecule has 1 aromatic rings. The van der Waals surface area contributed by atoms with Crippen LogP contribution in [0.2, 0.25) is 0 Å². The molecule has 0 radical (unpaired) electrons. The third-order valence-electron chi connectivity index (χ3n) is 2.49. The van der Waals surface area contributed by atoms with Gasteiger partial charge in [0.05, 0.1) is 6.10 Å². The number of benzene rings is 1. The van der Waals surface area contributed by atoms with Crippen molar-refractivity contribution in [2.75, 3.05) is 12.3 Å². The van der Waals surface area contributed by atoms with E-state index in [1.54, 1.807) is 6.92 Å². The lowest BCUT2D eigenvalue weighted by atomic mass is 9.98. The van der Waals surface area contributed by atoms with Crippen molar-refractivity contribution >= 4 is 5.69 Å². The fourth-order valence-electron chi connectivity index (χ4n) is 1.52. The summed E-state index contributed by atoms with van der Waals surface area (Å²) in [5, 5.41) is 27.9. The molecule has 4 nitrogen and oxygen atoms in total. The fourth-order valence-corrected chi connectivity index (χ4v) is 1.52. The van der Waals surface area contributed by atoms with Crippen molar-refractivity contribution in [3.05, 3.63) is 29.1 Å². The lowest BCUT2D eigenvalue weighted by Gasteiger charge is -2.19. The molecule has 1 aromatic carbocycles. The minimum absolute atomic E-state index is 0.0101. The van der Waals surface area contributed by atoms with Crippen molar-refractivity contribution in [3.63, 3.8) is 0 Å². The summed E-state index contributed by atoms with van der Waals surface area (Å²) in [5.74, 6) is -0.517. The average molecular weight is 229 g/mol. The Morgan fingerprint density at radius 1 is 1.38 bits per heavy atom. The number of hydrogen-bond donors (Lipinski definition) is 4. The largest absolute Gasteiger partial charge is 0.398 e. The number of halogens is 1.